The van der Waals surface area contributed by atoms with E-state index in [-0.39, 0.29) is 6.61 Å². The van der Waals surface area contributed by atoms with Gasteiger partial charge in [0.25, 0.3) is 0 Å². The van der Waals surface area contributed by atoms with Crippen LogP contribution in [0.2, 0.25) is 0 Å². The molecular formula is C12H19BrN2O2. The molecule has 1 aromatic rings. The Hall–Kier alpha value is -0.620. The van der Waals surface area contributed by atoms with Gasteiger partial charge in [-0.1, -0.05) is 22.0 Å². The summed E-state index contributed by atoms with van der Waals surface area (Å²) in [4.78, 5) is 2.10. The summed E-state index contributed by atoms with van der Waals surface area (Å²) in [7, 11) is 2.00. The molecule has 4 nitrogen and oxygen atoms in total. The summed E-state index contributed by atoms with van der Waals surface area (Å²) in [5.74, 6) is 0. The first-order chi connectivity index (χ1) is 8.20. The minimum atomic E-state index is 0.0641. The van der Waals surface area contributed by atoms with Crippen LogP contribution in [0.5, 0.6) is 0 Å². The lowest BCUT2D eigenvalue weighted by Crippen LogP contribution is -2.24. The standard InChI is InChI=1S/C12H19BrN2O2/c1-15(5-7-17-8-6-16)12-4-2-3-11(13)10(12)9-14/h2-4,16H,5-9,14H2,1H3. The maximum atomic E-state index is 8.61. The zero-order valence-electron chi connectivity index (χ0n) is 10.0. The van der Waals surface area contributed by atoms with Crippen molar-refractivity contribution >= 4 is 21.6 Å². The van der Waals surface area contributed by atoms with Gasteiger partial charge in [0.05, 0.1) is 19.8 Å². The Balaban J connectivity index is 2.61. The lowest BCUT2D eigenvalue weighted by atomic mass is 10.1. The molecule has 0 unspecified atom stereocenters. The molecule has 3 N–H and O–H groups in total. The summed E-state index contributed by atoms with van der Waals surface area (Å²) in [6, 6.07) is 6.02. The first kappa shape index (κ1) is 14.4. The molecule has 5 heteroatoms. The maximum Gasteiger partial charge on any atom is 0.0698 e. The fourth-order valence-corrected chi connectivity index (χ4v) is 2.11. The minimum absolute atomic E-state index is 0.0641. The molecule has 0 radical (unpaired) electrons. The zero-order valence-corrected chi connectivity index (χ0v) is 11.6. The van der Waals surface area contributed by atoms with Crippen LogP contribution >= 0.6 is 15.9 Å². The van der Waals surface area contributed by atoms with Crippen molar-refractivity contribution in [2.75, 3.05) is 38.3 Å². The first-order valence-corrected chi connectivity index (χ1v) is 6.37. The van der Waals surface area contributed by atoms with Crippen LogP contribution in [-0.4, -0.2) is 38.5 Å². The van der Waals surface area contributed by atoms with E-state index in [4.69, 9.17) is 15.6 Å². The van der Waals surface area contributed by atoms with E-state index >= 15 is 0 Å². The van der Waals surface area contributed by atoms with Gasteiger partial charge in [-0.15, -0.1) is 0 Å². The normalized spacial score (nSPS) is 10.6. The van der Waals surface area contributed by atoms with E-state index in [0.29, 0.717) is 19.8 Å². The van der Waals surface area contributed by atoms with Crippen molar-refractivity contribution < 1.29 is 9.84 Å². The average molecular weight is 303 g/mol. The number of halogens is 1. The topological polar surface area (TPSA) is 58.7 Å². The maximum absolute atomic E-state index is 8.61. The van der Waals surface area contributed by atoms with E-state index in [1.807, 2.05) is 25.2 Å². The number of rotatable bonds is 7. The number of nitrogens with zero attached hydrogens (tertiary/aromatic N) is 1. The Morgan fingerprint density at radius 1 is 1.41 bits per heavy atom. The third-order valence-electron chi connectivity index (χ3n) is 2.52. The second-order valence-corrected chi connectivity index (χ2v) is 4.55. The molecule has 1 rings (SSSR count). The Kier molecular flexibility index (Phi) is 6.50. The van der Waals surface area contributed by atoms with E-state index in [1.165, 1.54) is 0 Å². The van der Waals surface area contributed by atoms with Crippen molar-refractivity contribution in [3.63, 3.8) is 0 Å². The SMILES string of the molecule is CN(CCOCCO)c1cccc(Br)c1CN. The van der Waals surface area contributed by atoms with Crippen LogP contribution in [0.1, 0.15) is 5.56 Å². The number of aliphatic hydroxyl groups is 1. The molecule has 0 fully saturated rings. The molecule has 1 aromatic carbocycles. The summed E-state index contributed by atoms with van der Waals surface area (Å²) in [5.41, 5.74) is 7.95. The summed E-state index contributed by atoms with van der Waals surface area (Å²) < 4.78 is 6.27. The van der Waals surface area contributed by atoms with Gasteiger partial charge >= 0.3 is 0 Å². The van der Waals surface area contributed by atoms with Gasteiger partial charge in [-0.25, -0.2) is 0 Å². The number of hydrogen-bond acceptors (Lipinski definition) is 4. The van der Waals surface area contributed by atoms with Crippen molar-refractivity contribution in [3.8, 4) is 0 Å². The molecule has 0 aliphatic rings. The van der Waals surface area contributed by atoms with Crippen molar-refractivity contribution in [3.05, 3.63) is 28.2 Å². The van der Waals surface area contributed by atoms with Crippen LogP contribution in [0.3, 0.4) is 0 Å². The highest BCUT2D eigenvalue weighted by Gasteiger charge is 2.08. The van der Waals surface area contributed by atoms with Gasteiger partial charge in [0.1, 0.15) is 0 Å². The minimum Gasteiger partial charge on any atom is -0.394 e. The third-order valence-corrected chi connectivity index (χ3v) is 3.26. The summed E-state index contributed by atoms with van der Waals surface area (Å²) in [6.45, 7) is 2.31. The summed E-state index contributed by atoms with van der Waals surface area (Å²) >= 11 is 3.50. The van der Waals surface area contributed by atoms with Gasteiger partial charge in [0.15, 0.2) is 0 Å². The van der Waals surface area contributed by atoms with Crippen LogP contribution in [0.25, 0.3) is 0 Å². The van der Waals surface area contributed by atoms with Crippen LogP contribution in [0.15, 0.2) is 22.7 Å². The van der Waals surface area contributed by atoms with Crippen LogP contribution in [0, 0.1) is 0 Å². The number of nitrogens with two attached hydrogens (primary N) is 1. The van der Waals surface area contributed by atoms with E-state index in [1.54, 1.807) is 0 Å². The van der Waals surface area contributed by atoms with Gasteiger partial charge in [-0.05, 0) is 12.1 Å². The van der Waals surface area contributed by atoms with Crippen molar-refractivity contribution in [1.82, 2.24) is 0 Å². The van der Waals surface area contributed by atoms with Gasteiger partial charge < -0.3 is 20.5 Å². The van der Waals surface area contributed by atoms with Gasteiger partial charge in [-0.2, -0.15) is 0 Å². The highest BCUT2D eigenvalue weighted by Crippen LogP contribution is 2.26. The Bertz CT molecular complexity index is 347. The lowest BCUT2D eigenvalue weighted by molar-refractivity contribution is 0.0971. The number of aliphatic hydroxyl groups excluding tert-OH is 1. The second kappa shape index (κ2) is 7.66. The molecule has 0 saturated heterocycles. The molecule has 0 spiro atoms. The molecule has 0 bridgehead atoms. The molecular weight excluding hydrogens is 284 g/mol. The number of likely N-dealkylation sites (N-methyl/N-ethyl adjacent to an activating group) is 1. The van der Waals surface area contributed by atoms with Gasteiger partial charge in [0, 0.05) is 35.9 Å². The average Bonchev–Trinajstić information content (AvgIpc) is 2.34. The first-order valence-electron chi connectivity index (χ1n) is 5.58. The molecule has 0 aliphatic carbocycles. The van der Waals surface area contributed by atoms with Crippen LogP contribution in [-0.2, 0) is 11.3 Å². The van der Waals surface area contributed by atoms with Crippen molar-refractivity contribution in [1.29, 1.82) is 0 Å². The van der Waals surface area contributed by atoms with Gasteiger partial charge in [-0.3, -0.25) is 0 Å². The fraction of sp³-hybridized carbons (Fsp3) is 0.500. The Morgan fingerprint density at radius 3 is 2.82 bits per heavy atom. The number of ether oxygens (including phenoxy) is 1. The highest BCUT2D eigenvalue weighted by atomic mass is 79.9. The number of anilines is 1. The molecule has 0 heterocycles. The Morgan fingerprint density at radius 2 is 2.18 bits per heavy atom. The number of benzene rings is 1. The highest BCUT2D eigenvalue weighted by molar-refractivity contribution is 9.10. The van der Waals surface area contributed by atoms with Crippen LogP contribution in [0.4, 0.5) is 5.69 Å². The third kappa shape index (κ3) is 4.27. The molecule has 0 amide bonds. The molecule has 0 saturated carbocycles. The zero-order chi connectivity index (χ0) is 12.7. The quantitative estimate of drug-likeness (QED) is 0.747. The predicted molar refractivity (Wildman–Crippen MR) is 73.2 cm³/mol. The molecule has 0 atom stereocenters. The van der Waals surface area contributed by atoms with Crippen LogP contribution < -0.4 is 10.6 Å². The molecule has 0 aromatic heterocycles. The van der Waals surface area contributed by atoms with E-state index < -0.39 is 0 Å². The van der Waals surface area contributed by atoms with Crippen molar-refractivity contribution in [2.45, 2.75) is 6.54 Å². The fourth-order valence-electron chi connectivity index (χ4n) is 1.60. The molecule has 0 aliphatic heterocycles. The van der Waals surface area contributed by atoms with E-state index in [2.05, 4.69) is 20.8 Å². The largest absolute Gasteiger partial charge is 0.394 e. The smallest absolute Gasteiger partial charge is 0.0698 e. The van der Waals surface area contributed by atoms with E-state index in [9.17, 15) is 0 Å². The molecule has 96 valence electrons. The van der Waals surface area contributed by atoms with Crippen molar-refractivity contribution in [2.24, 2.45) is 5.73 Å². The monoisotopic (exact) mass is 302 g/mol. The number of hydrogen-bond donors (Lipinski definition) is 2. The lowest BCUT2D eigenvalue weighted by Gasteiger charge is -2.22. The van der Waals surface area contributed by atoms with E-state index in [0.717, 1.165) is 22.3 Å². The molecule has 17 heavy (non-hydrogen) atoms. The summed E-state index contributed by atoms with van der Waals surface area (Å²) in [6.07, 6.45) is 0. The predicted octanol–water partition coefficient (Wildman–Crippen LogP) is 1.35. The van der Waals surface area contributed by atoms with Gasteiger partial charge in [0.2, 0.25) is 0 Å². The second-order valence-electron chi connectivity index (χ2n) is 3.70. The Labute approximate surface area is 110 Å². The summed E-state index contributed by atoms with van der Waals surface area (Å²) in [5, 5.41) is 8.61.